The molecule has 0 spiro atoms. The van der Waals surface area contributed by atoms with Crippen molar-refractivity contribution < 1.29 is 9.15 Å². The number of halogens is 1. The second kappa shape index (κ2) is 10.9. The largest absolute Gasteiger partial charge is 0.494 e. The van der Waals surface area contributed by atoms with Crippen LogP contribution in [0.4, 0.5) is 0 Å². The fraction of sp³-hybridized carbons (Fsp3) is 0.353. The fourth-order valence-electron chi connectivity index (χ4n) is 2.00. The Morgan fingerprint density at radius 1 is 1.17 bits per heavy atom. The van der Waals surface area contributed by atoms with E-state index in [2.05, 4.69) is 15.6 Å². The second-order valence-corrected chi connectivity index (χ2v) is 4.71. The van der Waals surface area contributed by atoms with Gasteiger partial charge in [0, 0.05) is 6.54 Å². The van der Waals surface area contributed by atoms with Crippen LogP contribution in [0.25, 0.3) is 0 Å². The summed E-state index contributed by atoms with van der Waals surface area (Å²) in [5, 5.41) is 6.47. The van der Waals surface area contributed by atoms with Gasteiger partial charge in [-0.3, -0.25) is 0 Å². The summed E-state index contributed by atoms with van der Waals surface area (Å²) < 4.78 is 10.8. The molecule has 23 heavy (non-hydrogen) atoms. The molecule has 2 aromatic rings. The Labute approximate surface area is 154 Å². The van der Waals surface area contributed by atoms with Crippen molar-refractivity contribution in [1.82, 2.24) is 10.6 Å². The number of ether oxygens (including phenoxy) is 1. The molecule has 0 aliphatic rings. The zero-order valence-corrected chi connectivity index (χ0v) is 15.9. The maximum absolute atomic E-state index is 5.51. The van der Waals surface area contributed by atoms with Gasteiger partial charge in [-0.2, -0.15) is 0 Å². The fourth-order valence-corrected chi connectivity index (χ4v) is 2.00. The van der Waals surface area contributed by atoms with Gasteiger partial charge in [-0.25, -0.2) is 4.99 Å². The predicted octanol–water partition coefficient (Wildman–Crippen LogP) is 3.55. The van der Waals surface area contributed by atoms with E-state index in [1.165, 1.54) is 0 Å². The number of rotatable bonds is 7. The molecule has 0 aliphatic carbocycles. The SMILES string of the molecule is CCNC(=NCc1cccc(OCC)c1)NCc1ccco1.I. The van der Waals surface area contributed by atoms with Gasteiger partial charge in [-0.05, 0) is 43.7 Å². The van der Waals surface area contributed by atoms with Crippen LogP contribution in [0.3, 0.4) is 0 Å². The summed E-state index contributed by atoms with van der Waals surface area (Å²) in [7, 11) is 0. The molecule has 0 saturated carbocycles. The minimum absolute atomic E-state index is 0. The Kier molecular flexibility index (Phi) is 9.20. The van der Waals surface area contributed by atoms with E-state index in [1.54, 1.807) is 6.26 Å². The molecular weight excluding hydrogens is 405 g/mol. The first-order chi connectivity index (χ1) is 10.8. The van der Waals surface area contributed by atoms with Crippen molar-refractivity contribution >= 4 is 29.9 Å². The summed E-state index contributed by atoms with van der Waals surface area (Å²) in [6.07, 6.45) is 1.67. The van der Waals surface area contributed by atoms with Gasteiger partial charge in [-0.1, -0.05) is 12.1 Å². The number of furan rings is 1. The van der Waals surface area contributed by atoms with E-state index in [1.807, 2.05) is 50.2 Å². The van der Waals surface area contributed by atoms with E-state index >= 15 is 0 Å². The van der Waals surface area contributed by atoms with Gasteiger partial charge in [0.1, 0.15) is 11.5 Å². The van der Waals surface area contributed by atoms with Crippen LogP contribution in [-0.2, 0) is 13.1 Å². The summed E-state index contributed by atoms with van der Waals surface area (Å²) in [5.41, 5.74) is 1.11. The third-order valence-electron chi connectivity index (χ3n) is 2.98. The Bertz CT molecular complexity index is 585. The zero-order valence-electron chi connectivity index (χ0n) is 13.5. The molecule has 2 rings (SSSR count). The number of nitrogens with zero attached hydrogens (tertiary/aromatic N) is 1. The van der Waals surface area contributed by atoms with Gasteiger partial charge < -0.3 is 19.8 Å². The van der Waals surface area contributed by atoms with Crippen LogP contribution in [0.5, 0.6) is 5.75 Å². The van der Waals surface area contributed by atoms with Gasteiger partial charge in [0.05, 0.1) is 26.0 Å². The zero-order chi connectivity index (χ0) is 15.6. The molecule has 0 atom stereocenters. The van der Waals surface area contributed by atoms with E-state index in [-0.39, 0.29) is 24.0 Å². The smallest absolute Gasteiger partial charge is 0.191 e. The number of hydrogen-bond donors (Lipinski definition) is 2. The number of guanidine groups is 1. The normalized spacial score (nSPS) is 10.8. The van der Waals surface area contributed by atoms with Crippen LogP contribution in [-0.4, -0.2) is 19.1 Å². The number of benzene rings is 1. The molecule has 0 fully saturated rings. The van der Waals surface area contributed by atoms with E-state index in [9.17, 15) is 0 Å². The summed E-state index contributed by atoms with van der Waals surface area (Å²) in [5.74, 6) is 2.52. The Morgan fingerprint density at radius 3 is 2.74 bits per heavy atom. The third-order valence-corrected chi connectivity index (χ3v) is 2.98. The van der Waals surface area contributed by atoms with Crippen molar-refractivity contribution in [3.05, 3.63) is 54.0 Å². The molecule has 126 valence electrons. The minimum atomic E-state index is 0. The first kappa shape index (κ1) is 19.3. The van der Waals surface area contributed by atoms with Crippen LogP contribution in [0.1, 0.15) is 25.2 Å². The number of hydrogen-bond acceptors (Lipinski definition) is 3. The predicted molar refractivity (Wildman–Crippen MR) is 103 cm³/mol. The van der Waals surface area contributed by atoms with Gasteiger partial charge in [0.2, 0.25) is 0 Å². The maximum Gasteiger partial charge on any atom is 0.191 e. The molecular formula is C17H24IN3O2. The summed E-state index contributed by atoms with van der Waals surface area (Å²) in [6, 6.07) is 11.8. The highest BCUT2D eigenvalue weighted by atomic mass is 127. The van der Waals surface area contributed by atoms with Crippen LogP contribution in [0.15, 0.2) is 52.1 Å². The molecule has 1 heterocycles. The van der Waals surface area contributed by atoms with Crippen molar-refractivity contribution in [2.75, 3.05) is 13.2 Å². The summed E-state index contributed by atoms with van der Waals surface area (Å²) >= 11 is 0. The van der Waals surface area contributed by atoms with Gasteiger partial charge in [-0.15, -0.1) is 24.0 Å². The van der Waals surface area contributed by atoms with Crippen LogP contribution < -0.4 is 15.4 Å². The van der Waals surface area contributed by atoms with Crippen molar-refractivity contribution in [1.29, 1.82) is 0 Å². The van der Waals surface area contributed by atoms with Gasteiger partial charge in [0.25, 0.3) is 0 Å². The van der Waals surface area contributed by atoms with Crippen LogP contribution in [0, 0.1) is 0 Å². The van der Waals surface area contributed by atoms with Crippen molar-refractivity contribution in [2.24, 2.45) is 4.99 Å². The Balaban J connectivity index is 0.00000264. The van der Waals surface area contributed by atoms with E-state index in [4.69, 9.17) is 9.15 Å². The molecule has 0 radical (unpaired) electrons. The summed E-state index contributed by atoms with van der Waals surface area (Å²) in [6.45, 7) is 6.70. The van der Waals surface area contributed by atoms with Gasteiger partial charge >= 0.3 is 0 Å². The maximum atomic E-state index is 5.51. The average molecular weight is 429 g/mol. The number of aliphatic imine (C=N–C) groups is 1. The highest BCUT2D eigenvalue weighted by Gasteiger charge is 2.01. The molecule has 0 unspecified atom stereocenters. The Hall–Kier alpha value is -1.70. The topological polar surface area (TPSA) is 58.8 Å². The third kappa shape index (κ3) is 6.94. The molecule has 0 bridgehead atoms. The quantitative estimate of drug-likeness (QED) is 0.402. The van der Waals surface area contributed by atoms with E-state index in [0.29, 0.717) is 19.7 Å². The monoisotopic (exact) mass is 429 g/mol. The lowest BCUT2D eigenvalue weighted by Gasteiger charge is -2.10. The molecule has 0 saturated heterocycles. The second-order valence-electron chi connectivity index (χ2n) is 4.71. The summed E-state index contributed by atoms with van der Waals surface area (Å²) in [4.78, 5) is 4.58. The Morgan fingerprint density at radius 2 is 2.04 bits per heavy atom. The van der Waals surface area contributed by atoms with E-state index < -0.39 is 0 Å². The van der Waals surface area contributed by atoms with Crippen LogP contribution in [0.2, 0.25) is 0 Å². The molecule has 1 aromatic heterocycles. The van der Waals surface area contributed by atoms with Crippen molar-refractivity contribution in [3.8, 4) is 5.75 Å². The van der Waals surface area contributed by atoms with Crippen molar-refractivity contribution in [2.45, 2.75) is 26.9 Å². The average Bonchev–Trinajstić information content (AvgIpc) is 3.04. The number of nitrogens with one attached hydrogen (secondary N) is 2. The highest BCUT2D eigenvalue weighted by Crippen LogP contribution is 2.13. The van der Waals surface area contributed by atoms with Crippen molar-refractivity contribution in [3.63, 3.8) is 0 Å². The highest BCUT2D eigenvalue weighted by molar-refractivity contribution is 14.0. The lowest BCUT2D eigenvalue weighted by Crippen LogP contribution is -2.36. The first-order valence-corrected chi connectivity index (χ1v) is 7.58. The van der Waals surface area contributed by atoms with Crippen LogP contribution >= 0.6 is 24.0 Å². The molecule has 6 heteroatoms. The molecule has 5 nitrogen and oxygen atoms in total. The standard InChI is InChI=1S/C17H23N3O2.HI/c1-3-18-17(20-13-16-9-6-10-22-16)19-12-14-7-5-8-15(11-14)21-4-2;/h5-11H,3-4,12-13H2,1-2H3,(H2,18,19,20);1H. The molecule has 2 N–H and O–H groups in total. The minimum Gasteiger partial charge on any atom is -0.494 e. The molecule has 0 amide bonds. The van der Waals surface area contributed by atoms with Gasteiger partial charge in [0.15, 0.2) is 5.96 Å². The molecule has 1 aromatic carbocycles. The molecule has 0 aliphatic heterocycles. The lowest BCUT2D eigenvalue weighted by atomic mass is 10.2. The first-order valence-electron chi connectivity index (χ1n) is 7.58. The van der Waals surface area contributed by atoms with E-state index in [0.717, 1.165) is 29.6 Å². The lowest BCUT2D eigenvalue weighted by molar-refractivity contribution is 0.340.